The van der Waals surface area contributed by atoms with Gasteiger partial charge in [-0.2, -0.15) is 12.6 Å². The summed E-state index contributed by atoms with van der Waals surface area (Å²) in [5.74, 6) is 1.32. The van der Waals surface area contributed by atoms with Crippen molar-refractivity contribution >= 4 is 24.2 Å². The van der Waals surface area contributed by atoms with Crippen molar-refractivity contribution in [1.82, 2.24) is 5.32 Å². The standard InChI is InChI=1S/C14H22N2O2S/c1-14(2,3)13(17)15-8-10-5-6-12(18-4)11(7-10)16-9-19/h5-7,16,19H,8-9H2,1-4H3,(H,15,17). The van der Waals surface area contributed by atoms with Gasteiger partial charge in [-0.3, -0.25) is 4.79 Å². The molecule has 1 amide bonds. The van der Waals surface area contributed by atoms with Crippen molar-refractivity contribution in [2.75, 3.05) is 18.3 Å². The zero-order valence-electron chi connectivity index (χ0n) is 11.9. The third-order valence-electron chi connectivity index (χ3n) is 2.67. The molecule has 1 aromatic rings. The van der Waals surface area contributed by atoms with E-state index in [0.29, 0.717) is 12.4 Å². The van der Waals surface area contributed by atoms with Crippen LogP contribution in [0.1, 0.15) is 26.3 Å². The SMILES string of the molecule is COc1ccc(CNC(=O)C(C)(C)C)cc1NCS. The summed E-state index contributed by atoms with van der Waals surface area (Å²) < 4.78 is 5.25. The predicted octanol–water partition coefficient (Wildman–Crippen LogP) is 2.66. The molecule has 106 valence electrons. The zero-order chi connectivity index (χ0) is 14.5. The average molecular weight is 282 g/mol. The summed E-state index contributed by atoms with van der Waals surface area (Å²) in [4.78, 5) is 11.8. The molecule has 4 nitrogen and oxygen atoms in total. The molecule has 19 heavy (non-hydrogen) atoms. The zero-order valence-corrected chi connectivity index (χ0v) is 12.8. The van der Waals surface area contributed by atoms with Gasteiger partial charge in [-0.05, 0) is 17.7 Å². The van der Waals surface area contributed by atoms with E-state index in [-0.39, 0.29) is 11.3 Å². The van der Waals surface area contributed by atoms with Gasteiger partial charge < -0.3 is 15.4 Å². The van der Waals surface area contributed by atoms with E-state index in [1.165, 1.54) is 0 Å². The van der Waals surface area contributed by atoms with Crippen molar-refractivity contribution in [3.05, 3.63) is 23.8 Å². The molecule has 0 saturated carbocycles. The third kappa shape index (κ3) is 4.67. The Bertz CT molecular complexity index is 442. The molecule has 1 aromatic carbocycles. The topological polar surface area (TPSA) is 50.4 Å². The Hall–Kier alpha value is -1.36. The molecule has 0 atom stereocenters. The van der Waals surface area contributed by atoms with Crippen LogP contribution in [0.5, 0.6) is 5.75 Å². The molecule has 0 unspecified atom stereocenters. The molecule has 1 rings (SSSR count). The van der Waals surface area contributed by atoms with Gasteiger partial charge >= 0.3 is 0 Å². The fourth-order valence-electron chi connectivity index (χ4n) is 1.54. The number of hydrogen-bond acceptors (Lipinski definition) is 4. The first-order valence-corrected chi connectivity index (χ1v) is 6.81. The molecule has 0 heterocycles. The number of rotatable bonds is 5. The summed E-state index contributed by atoms with van der Waals surface area (Å²) in [6.07, 6.45) is 0. The predicted molar refractivity (Wildman–Crippen MR) is 81.8 cm³/mol. The van der Waals surface area contributed by atoms with Gasteiger partial charge in [0.25, 0.3) is 0 Å². The highest BCUT2D eigenvalue weighted by atomic mass is 32.1. The van der Waals surface area contributed by atoms with Gasteiger partial charge in [-0.25, -0.2) is 0 Å². The molecule has 5 heteroatoms. The third-order valence-corrected chi connectivity index (χ3v) is 2.83. The van der Waals surface area contributed by atoms with Crippen LogP contribution in [0.15, 0.2) is 18.2 Å². The van der Waals surface area contributed by atoms with Gasteiger partial charge in [0.05, 0.1) is 18.7 Å². The van der Waals surface area contributed by atoms with Crippen LogP contribution in [0, 0.1) is 5.41 Å². The molecule has 0 aliphatic carbocycles. The summed E-state index contributed by atoms with van der Waals surface area (Å²) in [7, 11) is 1.63. The average Bonchev–Trinajstić information content (AvgIpc) is 2.35. The number of thiol groups is 1. The largest absolute Gasteiger partial charge is 0.495 e. The molecule has 0 aromatic heterocycles. The van der Waals surface area contributed by atoms with E-state index < -0.39 is 0 Å². The maximum atomic E-state index is 11.8. The molecule has 0 aliphatic rings. The summed E-state index contributed by atoms with van der Waals surface area (Å²) >= 11 is 4.14. The van der Waals surface area contributed by atoms with Crippen LogP contribution in [0.3, 0.4) is 0 Å². The van der Waals surface area contributed by atoms with Crippen LogP contribution in [0.2, 0.25) is 0 Å². The summed E-state index contributed by atoms with van der Waals surface area (Å²) in [5, 5.41) is 6.03. The lowest BCUT2D eigenvalue weighted by molar-refractivity contribution is -0.128. The molecule has 0 fully saturated rings. The number of ether oxygens (including phenoxy) is 1. The van der Waals surface area contributed by atoms with Crippen molar-refractivity contribution in [2.45, 2.75) is 27.3 Å². The van der Waals surface area contributed by atoms with E-state index in [9.17, 15) is 4.79 Å². The minimum atomic E-state index is -0.376. The number of carbonyl (C=O) groups excluding carboxylic acids is 1. The minimum Gasteiger partial charge on any atom is -0.495 e. The quantitative estimate of drug-likeness (QED) is 0.575. The second-order valence-corrected chi connectivity index (χ2v) is 5.62. The van der Waals surface area contributed by atoms with E-state index in [4.69, 9.17) is 4.74 Å². The first kappa shape index (κ1) is 15.7. The lowest BCUT2D eigenvalue weighted by atomic mass is 9.95. The van der Waals surface area contributed by atoms with Gasteiger partial charge in [-0.15, -0.1) is 0 Å². The van der Waals surface area contributed by atoms with Crippen molar-refractivity contribution in [3.63, 3.8) is 0 Å². The van der Waals surface area contributed by atoms with Crippen LogP contribution < -0.4 is 15.4 Å². The fraction of sp³-hybridized carbons (Fsp3) is 0.500. The molecule has 2 N–H and O–H groups in total. The highest BCUT2D eigenvalue weighted by Crippen LogP contribution is 2.25. The molecule has 0 bridgehead atoms. The van der Waals surface area contributed by atoms with Gasteiger partial charge in [0.2, 0.25) is 5.91 Å². The first-order chi connectivity index (χ1) is 8.88. The van der Waals surface area contributed by atoms with Gasteiger partial charge in [-0.1, -0.05) is 26.8 Å². The second kappa shape index (κ2) is 6.70. The normalized spacial score (nSPS) is 11.0. The highest BCUT2D eigenvalue weighted by Gasteiger charge is 2.20. The van der Waals surface area contributed by atoms with Crippen LogP contribution in [-0.2, 0) is 11.3 Å². The molecule has 0 radical (unpaired) electrons. The Kier molecular flexibility index (Phi) is 5.54. The highest BCUT2D eigenvalue weighted by molar-refractivity contribution is 7.80. The lowest BCUT2D eigenvalue weighted by Crippen LogP contribution is -2.34. The fourth-order valence-corrected chi connectivity index (χ4v) is 1.71. The number of carbonyl (C=O) groups is 1. The lowest BCUT2D eigenvalue weighted by Gasteiger charge is -2.18. The number of hydrogen-bond donors (Lipinski definition) is 3. The van der Waals surface area contributed by atoms with E-state index in [1.54, 1.807) is 7.11 Å². The maximum absolute atomic E-state index is 11.8. The van der Waals surface area contributed by atoms with Crippen LogP contribution in [0.4, 0.5) is 5.69 Å². The van der Waals surface area contributed by atoms with Crippen molar-refractivity contribution in [3.8, 4) is 5.75 Å². The van der Waals surface area contributed by atoms with E-state index in [2.05, 4.69) is 23.3 Å². The Morgan fingerprint density at radius 2 is 2.05 bits per heavy atom. The number of methoxy groups -OCH3 is 1. The molecular weight excluding hydrogens is 260 g/mol. The molecular formula is C14H22N2O2S. The van der Waals surface area contributed by atoms with Gasteiger partial charge in [0.15, 0.2) is 0 Å². The number of benzene rings is 1. The number of amides is 1. The summed E-state index contributed by atoms with van der Waals surface area (Å²) in [6.45, 7) is 6.18. The number of nitrogens with one attached hydrogen (secondary N) is 2. The Morgan fingerprint density at radius 1 is 1.37 bits per heavy atom. The smallest absolute Gasteiger partial charge is 0.225 e. The van der Waals surface area contributed by atoms with E-state index in [0.717, 1.165) is 17.0 Å². The van der Waals surface area contributed by atoms with Crippen molar-refractivity contribution in [2.24, 2.45) is 5.41 Å². The molecule has 0 saturated heterocycles. The van der Waals surface area contributed by atoms with Crippen LogP contribution in [0.25, 0.3) is 0 Å². The monoisotopic (exact) mass is 282 g/mol. The van der Waals surface area contributed by atoms with Crippen LogP contribution in [-0.4, -0.2) is 18.9 Å². The minimum absolute atomic E-state index is 0.0343. The Balaban J connectivity index is 2.74. The number of anilines is 1. The Labute approximate surface area is 120 Å². The maximum Gasteiger partial charge on any atom is 0.225 e. The Morgan fingerprint density at radius 3 is 2.58 bits per heavy atom. The molecule has 0 spiro atoms. The second-order valence-electron chi connectivity index (χ2n) is 5.30. The van der Waals surface area contributed by atoms with E-state index in [1.807, 2.05) is 39.0 Å². The van der Waals surface area contributed by atoms with Gasteiger partial charge in [0, 0.05) is 12.0 Å². The van der Waals surface area contributed by atoms with Crippen molar-refractivity contribution < 1.29 is 9.53 Å². The van der Waals surface area contributed by atoms with E-state index >= 15 is 0 Å². The summed E-state index contributed by atoms with van der Waals surface area (Å²) in [5.41, 5.74) is 1.52. The summed E-state index contributed by atoms with van der Waals surface area (Å²) in [6, 6.07) is 5.77. The first-order valence-electron chi connectivity index (χ1n) is 6.18. The van der Waals surface area contributed by atoms with Crippen molar-refractivity contribution in [1.29, 1.82) is 0 Å². The van der Waals surface area contributed by atoms with Gasteiger partial charge in [0.1, 0.15) is 5.75 Å². The van der Waals surface area contributed by atoms with Crippen LogP contribution >= 0.6 is 12.6 Å². The molecule has 0 aliphatic heterocycles.